The molecule has 1 atom stereocenters. The first-order valence-electron chi connectivity index (χ1n) is 8.96. The van der Waals surface area contributed by atoms with E-state index in [4.69, 9.17) is 0 Å². The van der Waals surface area contributed by atoms with E-state index in [-0.39, 0.29) is 18.5 Å². The summed E-state index contributed by atoms with van der Waals surface area (Å²) in [4.78, 5) is 23.9. The summed E-state index contributed by atoms with van der Waals surface area (Å²) in [6.45, 7) is 4.76. The van der Waals surface area contributed by atoms with Gasteiger partial charge in [-0.2, -0.15) is 5.10 Å². The summed E-state index contributed by atoms with van der Waals surface area (Å²) >= 11 is 0. The van der Waals surface area contributed by atoms with E-state index in [0.717, 1.165) is 34.5 Å². The highest BCUT2D eigenvalue weighted by Gasteiger charge is 2.19. The van der Waals surface area contributed by atoms with Crippen LogP contribution in [0, 0.1) is 13.8 Å². The first-order valence-corrected chi connectivity index (χ1v) is 8.96. The highest BCUT2D eigenvalue weighted by molar-refractivity contribution is 5.96. The Kier molecular flexibility index (Phi) is 5.46. The highest BCUT2D eigenvalue weighted by Crippen LogP contribution is 2.20. The molecule has 1 aliphatic heterocycles. The number of hydrogen-bond donors (Lipinski definition) is 4. The van der Waals surface area contributed by atoms with Crippen molar-refractivity contribution in [2.24, 2.45) is 7.05 Å². The van der Waals surface area contributed by atoms with Gasteiger partial charge in [0, 0.05) is 43.5 Å². The minimum absolute atomic E-state index is 0.0760. The molecule has 0 saturated carbocycles. The molecule has 2 heterocycles. The van der Waals surface area contributed by atoms with Crippen LogP contribution >= 0.6 is 0 Å². The molecule has 8 heteroatoms. The van der Waals surface area contributed by atoms with Crippen LogP contribution < -0.4 is 16.0 Å². The van der Waals surface area contributed by atoms with Crippen molar-refractivity contribution in [3.05, 3.63) is 51.8 Å². The number of amides is 3. The summed E-state index contributed by atoms with van der Waals surface area (Å²) in [7, 11) is 1.82. The number of nitrogens with one attached hydrogen (secondary N) is 3. The SMILES string of the molecule is Cc1nn(C)c(C)c1C(O)CNC(=O)NCc1ccc2c(c1)C(=O)NCC2. The van der Waals surface area contributed by atoms with Gasteiger partial charge in [-0.05, 0) is 37.5 Å². The van der Waals surface area contributed by atoms with Crippen LogP contribution in [-0.2, 0) is 20.0 Å². The van der Waals surface area contributed by atoms with Crippen molar-refractivity contribution in [2.45, 2.75) is 32.9 Å². The zero-order chi connectivity index (χ0) is 19.6. The zero-order valence-electron chi connectivity index (χ0n) is 15.8. The third kappa shape index (κ3) is 4.11. The smallest absolute Gasteiger partial charge is 0.315 e. The monoisotopic (exact) mass is 371 g/mol. The number of fused-ring (bicyclic) bond motifs is 1. The number of benzene rings is 1. The van der Waals surface area contributed by atoms with Crippen LogP contribution in [0.4, 0.5) is 4.79 Å². The summed E-state index contributed by atoms with van der Waals surface area (Å²) < 4.78 is 1.71. The summed E-state index contributed by atoms with van der Waals surface area (Å²) in [5.74, 6) is -0.0760. The third-order valence-corrected chi connectivity index (χ3v) is 4.91. The molecule has 0 radical (unpaired) electrons. The van der Waals surface area contributed by atoms with Crippen LogP contribution in [0.1, 0.15) is 44.5 Å². The minimum atomic E-state index is -0.822. The number of aliphatic hydroxyl groups is 1. The maximum atomic E-state index is 12.0. The van der Waals surface area contributed by atoms with Gasteiger partial charge in [0.1, 0.15) is 0 Å². The second-order valence-corrected chi connectivity index (χ2v) is 6.78. The van der Waals surface area contributed by atoms with E-state index in [1.165, 1.54) is 0 Å². The van der Waals surface area contributed by atoms with E-state index >= 15 is 0 Å². The third-order valence-electron chi connectivity index (χ3n) is 4.91. The standard InChI is InChI=1S/C19H25N5O3/c1-11-17(12(2)24(3)23-11)16(25)10-22-19(27)21-9-13-4-5-14-6-7-20-18(26)15(14)8-13/h4-5,8,16,25H,6-7,9-10H2,1-3H3,(H,20,26)(H2,21,22,27). The molecule has 0 spiro atoms. The molecule has 0 saturated heterocycles. The van der Waals surface area contributed by atoms with Gasteiger partial charge in [0.15, 0.2) is 0 Å². The quantitative estimate of drug-likeness (QED) is 0.625. The molecule has 2 aromatic rings. The molecule has 144 valence electrons. The molecule has 1 aromatic carbocycles. The van der Waals surface area contributed by atoms with E-state index in [1.807, 2.05) is 33.0 Å². The minimum Gasteiger partial charge on any atom is -0.386 e. The predicted molar refractivity (Wildman–Crippen MR) is 100 cm³/mol. The van der Waals surface area contributed by atoms with Crippen molar-refractivity contribution in [1.82, 2.24) is 25.7 Å². The lowest BCUT2D eigenvalue weighted by Crippen LogP contribution is -2.37. The molecule has 8 nitrogen and oxygen atoms in total. The maximum absolute atomic E-state index is 12.0. The predicted octanol–water partition coefficient (Wildman–Crippen LogP) is 0.856. The van der Waals surface area contributed by atoms with Crippen molar-refractivity contribution in [3.63, 3.8) is 0 Å². The van der Waals surface area contributed by atoms with Crippen LogP contribution in [0.25, 0.3) is 0 Å². The van der Waals surface area contributed by atoms with Crippen molar-refractivity contribution < 1.29 is 14.7 Å². The summed E-state index contributed by atoms with van der Waals surface area (Å²) in [5.41, 5.74) is 4.89. The summed E-state index contributed by atoms with van der Waals surface area (Å²) in [6.07, 6.45) is -0.00255. The Morgan fingerprint density at radius 1 is 1.37 bits per heavy atom. The summed E-state index contributed by atoms with van der Waals surface area (Å²) in [6, 6.07) is 5.27. The van der Waals surface area contributed by atoms with Gasteiger partial charge in [-0.3, -0.25) is 9.48 Å². The van der Waals surface area contributed by atoms with E-state index in [1.54, 1.807) is 10.7 Å². The number of aromatic nitrogens is 2. The van der Waals surface area contributed by atoms with Gasteiger partial charge in [-0.1, -0.05) is 12.1 Å². The zero-order valence-corrected chi connectivity index (χ0v) is 15.8. The molecule has 3 rings (SSSR count). The van der Waals surface area contributed by atoms with Crippen LogP contribution in [0.2, 0.25) is 0 Å². The van der Waals surface area contributed by atoms with Gasteiger partial charge in [0.05, 0.1) is 11.8 Å². The Morgan fingerprint density at radius 2 is 2.15 bits per heavy atom. The average Bonchev–Trinajstić information content (AvgIpc) is 2.90. The van der Waals surface area contributed by atoms with Gasteiger partial charge < -0.3 is 21.1 Å². The van der Waals surface area contributed by atoms with E-state index in [0.29, 0.717) is 18.7 Å². The van der Waals surface area contributed by atoms with Crippen molar-refractivity contribution in [2.75, 3.05) is 13.1 Å². The second-order valence-electron chi connectivity index (χ2n) is 6.78. The summed E-state index contributed by atoms with van der Waals surface area (Å²) in [5, 5.41) is 22.9. The number of urea groups is 1. The fraction of sp³-hybridized carbons (Fsp3) is 0.421. The van der Waals surface area contributed by atoms with Crippen molar-refractivity contribution >= 4 is 11.9 Å². The van der Waals surface area contributed by atoms with Gasteiger partial charge >= 0.3 is 6.03 Å². The Balaban J connectivity index is 1.53. The number of aliphatic hydroxyl groups excluding tert-OH is 1. The molecule has 0 bridgehead atoms. The van der Waals surface area contributed by atoms with E-state index in [9.17, 15) is 14.7 Å². The van der Waals surface area contributed by atoms with Gasteiger partial charge in [0.2, 0.25) is 0 Å². The van der Waals surface area contributed by atoms with Crippen LogP contribution in [0.3, 0.4) is 0 Å². The Bertz CT molecular complexity index is 874. The molecule has 27 heavy (non-hydrogen) atoms. The number of carbonyl (C=O) groups excluding carboxylic acids is 2. The number of hydrogen-bond acceptors (Lipinski definition) is 4. The normalized spacial score (nSPS) is 14.3. The highest BCUT2D eigenvalue weighted by atomic mass is 16.3. The molecular weight excluding hydrogens is 346 g/mol. The largest absolute Gasteiger partial charge is 0.386 e. The number of carbonyl (C=O) groups is 2. The number of nitrogens with zero attached hydrogens (tertiary/aromatic N) is 2. The van der Waals surface area contributed by atoms with Gasteiger partial charge in [-0.25, -0.2) is 4.79 Å². The van der Waals surface area contributed by atoms with Crippen molar-refractivity contribution in [3.8, 4) is 0 Å². The first-order chi connectivity index (χ1) is 12.9. The fourth-order valence-electron chi connectivity index (χ4n) is 3.38. The molecule has 4 N–H and O–H groups in total. The maximum Gasteiger partial charge on any atom is 0.315 e. The van der Waals surface area contributed by atoms with E-state index in [2.05, 4.69) is 21.0 Å². The Hall–Kier alpha value is -2.87. The van der Waals surface area contributed by atoms with Gasteiger partial charge in [-0.15, -0.1) is 0 Å². The second kappa shape index (κ2) is 7.79. The lowest BCUT2D eigenvalue weighted by Gasteiger charge is -2.17. The molecule has 1 unspecified atom stereocenters. The van der Waals surface area contributed by atoms with Gasteiger partial charge in [0.25, 0.3) is 5.91 Å². The molecular formula is C19H25N5O3. The lowest BCUT2D eigenvalue weighted by molar-refractivity contribution is 0.0946. The molecule has 1 aromatic heterocycles. The Labute approximate surface area is 158 Å². The Morgan fingerprint density at radius 3 is 2.85 bits per heavy atom. The first kappa shape index (κ1) is 18.9. The van der Waals surface area contributed by atoms with Crippen LogP contribution in [0.15, 0.2) is 18.2 Å². The molecule has 3 amide bonds. The van der Waals surface area contributed by atoms with Crippen LogP contribution in [0.5, 0.6) is 0 Å². The van der Waals surface area contributed by atoms with E-state index < -0.39 is 6.10 Å². The fourth-order valence-corrected chi connectivity index (χ4v) is 3.38. The molecule has 1 aliphatic rings. The number of aryl methyl sites for hydroxylation is 2. The topological polar surface area (TPSA) is 108 Å². The van der Waals surface area contributed by atoms with Crippen molar-refractivity contribution in [1.29, 1.82) is 0 Å². The van der Waals surface area contributed by atoms with Crippen LogP contribution in [-0.4, -0.2) is 39.9 Å². The number of rotatable bonds is 5. The lowest BCUT2D eigenvalue weighted by atomic mass is 9.98. The average molecular weight is 371 g/mol. The molecule has 0 fully saturated rings. The molecule has 0 aliphatic carbocycles.